The van der Waals surface area contributed by atoms with Gasteiger partial charge in [-0.25, -0.2) is 24.3 Å². The Morgan fingerprint density at radius 3 is 0.918 bits per heavy atom. The summed E-state index contributed by atoms with van der Waals surface area (Å²) in [6.45, 7) is 67.0. The first-order valence-corrected chi connectivity index (χ1v) is 66.2. The van der Waals surface area contributed by atoms with Gasteiger partial charge in [0.2, 0.25) is 17.6 Å². The molecule has 0 aliphatic carbocycles. The molecule has 1 aliphatic heterocycles. The molecule has 147 heavy (non-hydrogen) atoms. The molecular weight excluding hydrogens is 2070 g/mol. The first-order chi connectivity index (χ1) is 69.0. The fraction of sp³-hybridized carbons (Fsp3) is 0.528. The van der Waals surface area contributed by atoms with Crippen LogP contribution in [0.2, 0.25) is 103 Å². The average Bonchev–Trinajstić information content (AvgIpc) is 1.62. The molecule has 0 atom stereocenters. The minimum Gasteiger partial charge on any atom is -0.476 e. The van der Waals surface area contributed by atoms with Gasteiger partial charge in [-0.15, -0.1) is 20.4 Å². The summed E-state index contributed by atoms with van der Waals surface area (Å²) in [5.74, 6) is 3.09. The molecule has 802 valence electrons. The Morgan fingerprint density at radius 2 is 0.626 bits per heavy atom. The molecule has 0 amide bonds. The van der Waals surface area contributed by atoms with Gasteiger partial charge in [0.25, 0.3) is 0 Å². The maximum Gasteiger partial charge on any atom is 0.496 e. The van der Waals surface area contributed by atoms with Crippen LogP contribution in [-0.2, 0) is 83.8 Å². The van der Waals surface area contributed by atoms with Gasteiger partial charge in [0.1, 0.15) is 46.7 Å². The molecule has 0 N–H and O–H groups in total. The molecule has 0 unspecified atom stereocenters. The minimum absolute atomic E-state index is 0.173. The van der Waals surface area contributed by atoms with E-state index in [0.29, 0.717) is 126 Å². The van der Waals surface area contributed by atoms with Crippen molar-refractivity contribution in [2.75, 3.05) is 94.0 Å². The molecule has 34 nitrogen and oxygen atoms in total. The van der Waals surface area contributed by atoms with E-state index in [2.05, 4.69) is 166 Å². The van der Waals surface area contributed by atoms with Gasteiger partial charge in [0.15, 0.2) is 23.3 Å². The van der Waals surface area contributed by atoms with E-state index in [4.69, 9.17) is 75.6 Å². The number of carbonyl (C=O) groups is 3. The molecule has 1 fully saturated rings. The Morgan fingerprint density at radius 1 is 0.347 bits per heavy atom. The molecule has 1 aliphatic rings. The number of hydrogen-bond acceptors (Lipinski definition) is 30. The molecule has 7 aromatic heterocycles. The van der Waals surface area contributed by atoms with Crippen LogP contribution < -0.4 is 38.6 Å². The molecule has 0 bridgehead atoms. The number of carbonyl (C=O) groups excluding carboxylic acids is 3. The molecule has 0 saturated carbocycles. The van der Waals surface area contributed by atoms with Crippen LogP contribution in [0.1, 0.15) is 114 Å². The van der Waals surface area contributed by atoms with E-state index in [1.165, 1.54) is 21.3 Å². The van der Waals surface area contributed by atoms with E-state index in [-0.39, 0.29) is 37.7 Å². The van der Waals surface area contributed by atoms with Crippen LogP contribution >= 0.6 is 31.9 Å². The highest BCUT2D eigenvalue weighted by Crippen LogP contribution is 2.39. The fourth-order valence-corrected chi connectivity index (χ4v) is 17.1. The van der Waals surface area contributed by atoms with E-state index < -0.39 is 66.9 Å². The third-order valence-electron chi connectivity index (χ3n) is 23.3. The number of aryl methyl sites for hydroxylation is 3. The highest BCUT2D eigenvalue weighted by Gasteiger charge is 2.52. The van der Waals surface area contributed by atoms with Gasteiger partial charge >= 0.3 is 49.1 Å². The molecule has 8 heterocycles. The van der Waals surface area contributed by atoms with E-state index in [1.54, 1.807) is 66.3 Å². The van der Waals surface area contributed by atoms with Gasteiger partial charge in [0.05, 0.1) is 75.2 Å². The summed E-state index contributed by atoms with van der Waals surface area (Å²) in [5.41, 5.74) is 7.96. The normalized spacial score (nSPS) is 13.0. The molecular formula is C106H156BBr2N15O19Si4. The number of ether oxygens (including phenoxy) is 14. The molecule has 11 aromatic rings. The van der Waals surface area contributed by atoms with Crippen molar-refractivity contribution in [1.29, 1.82) is 0 Å². The van der Waals surface area contributed by atoms with Gasteiger partial charge in [-0.1, -0.05) is 189 Å². The number of pyridine rings is 3. The second-order valence-corrected chi connectivity index (χ2v) is 67.4. The van der Waals surface area contributed by atoms with Crippen molar-refractivity contribution in [2.24, 2.45) is 16.2 Å². The number of nitrogens with zero attached hydrogens (tertiary/aromatic N) is 15. The Hall–Kier alpha value is -10.4. The van der Waals surface area contributed by atoms with Gasteiger partial charge in [-0.3, -0.25) is 14.4 Å². The lowest BCUT2D eigenvalue weighted by Crippen LogP contribution is -2.41. The second-order valence-electron chi connectivity index (χ2n) is 43.1. The van der Waals surface area contributed by atoms with Gasteiger partial charge < -0.3 is 75.6 Å². The highest BCUT2D eigenvalue weighted by atomic mass is 79.9. The van der Waals surface area contributed by atoms with Gasteiger partial charge in [0, 0.05) is 136 Å². The smallest absolute Gasteiger partial charge is 0.476 e. The zero-order chi connectivity index (χ0) is 109. The Balaban J connectivity index is 0.000000228. The first kappa shape index (κ1) is 122. The third-order valence-corrected chi connectivity index (χ3v) is 31.2. The molecule has 12 rings (SSSR count). The van der Waals surface area contributed by atoms with Crippen LogP contribution in [0.15, 0.2) is 142 Å². The number of hydrogen-bond donors (Lipinski definition) is 0. The average molecular weight is 2230 g/mol. The Kier molecular flexibility index (Phi) is 45.9. The summed E-state index contributed by atoms with van der Waals surface area (Å²) in [5, 5.41) is 18.0. The third kappa shape index (κ3) is 38.8. The van der Waals surface area contributed by atoms with Gasteiger partial charge in [-0.2, -0.15) is 29.3 Å². The first-order valence-electron chi connectivity index (χ1n) is 49.8. The zero-order valence-electron chi connectivity index (χ0n) is 92.4. The van der Waals surface area contributed by atoms with Crippen molar-refractivity contribution in [3.63, 3.8) is 0 Å². The highest BCUT2D eigenvalue weighted by molar-refractivity contribution is 9.10. The van der Waals surface area contributed by atoms with Gasteiger partial charge in [-0.05, 0) is 195 Å². The molecule has 4 aromatic carbocycles. The van der Waals surface area contributed by atoms with Crippen LogP contribution in [-0.4, -0.2) is 237 Å². The van der Waals surface area contributed by atoms with Crippen LogP contribution in [0.5, 0.6) is 41.7 Å². The van der Waals surface area contributed by atoms with Crippen molar-refractivity contribution in [2.45, 2.75) is 259 Å². The monoisotopic (exact) mass is 2220 g/mol. The van der Waals surface area contributed by atoms with Crippen LogP contribution in [0, 0.1) is 37.0 Å². The fourth-order valence-electron chi connectivity index (χ4n) is 13.5. The number of aromatic nitrogens is 15. The molecule has 1 saturated heterocycles. The largest absolute Gasteiger partial charge is 0.496 e. The van der Waals surface area contributed by atoms with Crippen molar-refractivity contribution in [3.8, 4) is 109 Å². The molecule has 0 radical (unpaired) electrons. The molecule has 41 heteroatoms. The minimum atomic E-state index is -1.17. The van der Waals surface area contributed by atoms with E-state index in [9.17, 15) is 14.4 Å². The van der Waals surface area contributed by atoms with Crippen LogP contribution in [0.25, 0.3) is 67.8 Å². The lowest BCUT2D eigenvalue weighted by atomic mass is 9.78. The second kappa shape index (κ2) is 55.4. The zero-order valence-corrected chi connectivity index (χ0v) is 99.6. The maximum atomic E-state index is 11.9. The maximum absolute atomic E-state index is 11.9. The molecule has 0 spiro atoms. The number of esters is 3. The summed E-state index contributed by atoms with van der Waals surface area (Å²) < 4.78 is 98.4. The lowest BCUT2D eigenvalue weighted by Gasteiger charge is -2.32. The predicted octanol–water partition coefficient (Wildman–Crippen LogP) is 22.3. The van der Waals surface area contributed by atoms with E-state index >= 15 is 0 Å². The Labute approximate surface area is 890 Å². The summed E-state index contributed by atoms with van der Waals surface area (Å²) in [6.07, 6.45) is 0. The summed E-state index contributed by atoms with van der Waals surface area (Å²) in [6, 6.07) is 49.3. The number of halogens is 2. The summed E-state index contributed by atoms with van der Waals surface area (Å²) in [7, 11) is -0.852. The lowest BCUT2D eigenvalue weighted by molar-refractivity contribution is -0.153. The predicted molar refractivity (Wildman–Crippen MR) is 593 cm³/mol. The van der Waals surface area contributed by atoms with Crippen molar-refractivity contribution >= 4 is 94.6 Å². The number of methoxy groups -OCH3 is 3. The van der Waals surface area contributed by atoms with Crippen LogP contribution in [0.4, 0.5) is 0 Å². The summed E-state index contributed by atoms with van der Waals surface area (Å²) >= 11 is 6.88. The SMILES string of the molecule is CCOc1nc(-c2ccc(-c3ccc(OCC(C)(C)C(=O)OC)nc3C)cc2)n(COCC[Si](C)(C)C)n1.CCOc1nc(-c2ccc(-c3ccc(OCC(C)(C)C(=O)OC)nc3C)cc2)nn1COCC[Si](C)(C)C.CCOc1nc(-c2ccc(Br)cc2)n(COCC[Si](C)(C)C)n1.CCOc1nc(-c2ccc(Br)cc2)nn1COCC[Si](C)(C)C.COC(=O)C(C)(C)COc1ccc(B2OC(C)(C)C(C)(C)O2)c(C)n1. The summed E-state index contributed by atoms with van der Waals surface area (Å²) in [4.78, 5) is 67.2. The van der Waals surface area contributed by atoms with Crippen molar-refractivity contribution < 1.29 is 90.0 Å². The number of benzene rings is 4. The standard InChI is InChI=1S/2C28H40N4O5Si.C18H28BNO5.2C16H24BrN3O2Si/c1-9-36-27-30-25(32(31-27)19-35-16-17-38(6,7)8)22-12-10-21(11-13-22)23-14-15-24(29-20(23)2)37-18-28(3,4)26(33)34-5;1-9-36-27-30-25(31-32(27)19-35-16-17-38(6,7)8)22-12-10-21(11-13-22)23-14-15-24(29-20(23)2)37-18-28(3,4)26(33)34-5;1-12-13(19-24-17(4,5)18(6,7)25-19)9-10-14(20-12)23-11-16(2,3)15(21)22-8;1-5-22-16-18-15(13-6-8-14(17)9-7-13)20(19-16)12-21-10-11-23(2,3)4;1-5-22-16-18-15(13-6-8-14(17)9-7-13)19-20(16)12-21-10-11-23(2,3)4/h2*10-15H,9,16-19H2,1-8H3;9-10H,11H2,1-8H3;2*6-9H,5,10-12H2,1-4H3. The Bertz CT molecular complexity index is 5970. The van der Waals surface area contributed by atoms with E-state index in [0.717, 1.165) is 119 Å². The van der Waals surface area contributed by atoms with Crippen molar-refractivity contribution in [1.82, 2.24) is 74.0 Å². The quantitative estimate of drug-likeness (QED) is 0.0148. The van der Waals surface area contributed by atoms with E-state index in [1.807, 2.05) is 204 Å². The van der Waals surface area contributed by atoms with Crippen molar-refractivity contribution in [3.05, 3.63) is 159 Å². The van der Waals surface area contributed by atoms with Crippen LogP contribution in [0.3, 0.4) is 0 Å². The number of rotatable bonds is 47. The topological polar surface area (TPSA) is 360 Å².